The Morgan fingerprint density at radius 1 is 1.00 bits per heavy atom. The van der Waals surface area contributed by atoms with Crippen LogP contribution in [0, 0.1) is 6.92 Å². The molecule has 0 saturated heterocycles. The SMILES string of the molecule is CCC(CCC(=O)c1cc(OC)cc(OC)c1)(c1ccc(C)cc1)N(C)C. The van der Waals surface area contributed by atoms with E-state index < -0.39 is 0 Å². The van der Waals surface area contributed by atoms with Crippen molar-refractivity contribution < 1.29 is 14.3 Å². The second kappa shape index (κ2) is 9.05. The molecule has 2 aromatic carbocycles. The second-order valence-corrected chi connectivity index (χ2v) is 7.17. The molecule has 0 aliphatic rings. The maximum Gasteiger partial charge on any atom is 0.163 e. The molecule has 4 nitrogen and oxygen atoms in total. The topological polar surface area (TPSA) is 38.8 Å². The third kappa shape index (κ3) is 4.69. The molecule has 0 N–H and O–H groups in total. The fraction of sp³-hybridized carbons (Fsp3) is 0.435. The molecular formula is C23H31NO3. The number of hydrogen-bond donors (Lipinski definition) is 0. The number of hydrogen-bond acceptors (Lipinski definition) is 4. The van der Waals surface area contributed by atoms with Gasteiger partial charge in [-0.2, -0.15) is 0 Å². The van der Waals surface area contributed by atoms with Crippen LogP contribution < -0.4 is 9.47 Å². The number of ether oxygens (including phenoxy) is 2. The third-order valence-corrected chi connectivity index (χ3v) is 5.47. The van der Waals surface area contributed by atoms with E-state index in [0.29, 0.717) is 23.5 Å². The van der Waals surface area contributed by atoms with E-state index in [2.05, 4.69) is 57.1 Å². The molecular weight excluding hydrogens is 338 g/mol. The Kier molecular flexibility index (Phi) is 7.03. The van der Waals surface area contributed by atoms with Crippen LogP contribution in [-0.2, 0) is 5.54 Å². The first-order valence-electron chi connectivity index (χ1n) is 9.37. The van der Waals surface area contributed by atoms with Crippen molar-refractivity contribution in [2.45, 2.75) is 38.6 Å². The summed E-state index contributed by atoms with van der Waals surface area (Å²) in [5.74, 6) is 1.36. The average molecular weight is 370 g/mol. The molecule has 2 aromatic rings. The van der Waals surface area contributed by atoms with Gasteiger partial charge >= 0.3 is 0 Å². The molecule has 0 spiro atoms. The van der Waals surface area contributed by atoms with Crippen LogP contribution in [0.3, 0.4) is 0 Å². The Morgan fingerprint density at radius 3 is 2.00 bits per heavy atom. The Bertz CT molecular complexity index is 745. The molecule has 0 heterocycles. The van der Waals surface area contributed by atoms with Crippen molar-refractivity contribution >= 4 is 5.78 Å². The summed E-state index contributed by atoms with van der Waals surface area (Å²) in [7, 11) is 7.36. The predicted molar refractivity (Wildman–Crippen MR) is 110 cm³/mol. The van der Waals surface area contributed by atoms with Crippen LogP contribution in [0.15, 0.2) is 42.5 Å². The molecule has 146 valence electrons. The summed E-state index contributed by atoms with van der Waals surface area (Å²) in [6.07, 6.45) is 2.13. The van der Waals surface area contributed by atoms with E-state index >= 15 is 0 Å². The highest BCUT2D eigenvalue weighted by Crippen LogP contribution is 2.36. The zero-order valence-corrected chi connectivity index (χ0v) is 17.3. The first-order valence-corrected chi connectivity index (χ1v) is 9.37. The summed E-state index contributed by atoms with van der Waals surface area (Å²) in [4.78, 5) is 15.2. The predicted octanol–water partition coefficient (Wildman–Crippen LogP) is 4.84. The minimum atomic E-state index is -0.174. The number of methoxy groups -OCH3 is 2. The van der Waals surface area contributed by atoms with Gasteiger partial charge in [0.2, 0.25) is 0 Å². The zero-order valence-electron chi connectivity index (χ0n) is 17.3. The number of carbonyl (C=O) groups is 1. The van der Waals surface area contributed by atoms with Gasteiger partial charge in [-0.3, -0.25) is 9.69 Å². The summed E-state index contributed by atoms with van der Waals surface area (Å²) in [6.45, 7) is 4.27. The standard InChI is InChI=1S/C23H31NO3/c1-7-23(24(3)4,19-10-8-17(2)9-11-19)13-12-22(25)18-14-20(26-5)16-21(15-18)27-6/h8-11,14-16H,7,12-13H2,1-6H3. The van der Waals surface area contributed by atoms with Crippen LogP contribution in [0.1, 0.15) is 47.7 Å². The lowest BCUT2D eigenvalue weighted by molar-refractivity contribution is 0.0900. The van der Waals surface area contributed by atoms with Gasteiger partial charge in [0.1, 0.15) is 11.5 Å². The van der Waals surface area contributed by atoms with E-state index in [9.17, 15) is 4.79 Å². The summed E-state index contributed by atoms with van der Waals surface area (Å²) in [5, 5.41) is 0. The van der Waals surface area contributed by atoms with E-state index in [-0.39, 0.29) is 11.3 Å². The molecule has 0 saturated carbocycles. The zero-order chi connectivity index (χ0) is 20.0. The van der Waals surface area contributed by atoms with Gasteiger partial charge in [0.05, 0.1) is 14.2 Å². The molecule has 2 rings (SSSR count). The molecule has 4 heteroatoms. The summed E-state index contributed by atoms with van der Waals surface area (Å²) >= 11 is 0. The molecule has 1 atom stereocenters. The minimum absolute atomic E-state index is 0.0963. The smallest absolute Gasteiger partial charge is 0.163 e. The highest BCUT2D eigenvalue weighted by atomic mass is 16.5. The molecule has 27 heavy (non-hydrogen) atoms. The monoisotopic (exact) mass is 369 g/mol. The number of benzene rings is 2. The molecule has 0 amide bonds. The number of carbonyl (C=O) groups excluding carboxylic acids is 1. The van der Waals surface area contributed by atoms with Gasteiger partial charge in [0.15, 0.2) is 5.78 Å². The fourth-order valence-electron chi connectivity index (χ4n) is 3.62. The van der Waals surface area contributed by atoms with Crippen molar-refractivity contribution in [3.05, 3.63) is 59.2 Å². The van der Waals surface area contributed by atoms with Crippen molar-refractivity contribution in [1.82, 2.24) is 4.90 Å². The first kappa shape index (κ1) is 21.0. The van der Waals surface area contributed by atoms with Crippen molar-refractivity contribution in [1.29, 1.82) is 0 Å². The van der Waals surface area contributed by atoms with E-state index in [1.165, 1.54) is 11.1 Å². The van der Waals surface area contributed by atoms with Crippen LogP contribution in [0.4, 0.5) is 0 Å². The molecule has 0 aliphatic carbocycles. The highest BCUT2D eigenvalue weighted by molar-refractivity contribution is 5.97. The molecule has 0 aromatic heterocycles. The van der Waals surface area contributed by atoms with Crippen LogP contribution in [0.5, 0.6) is 11.5 Å². The van der Waals surface area contributed by atoms with E-state index in [1.807, 2.05) is 0 Å². The maximum atomic E-state index is 12.9. The van der Waals surface area contributed by atoms with Crippen LogP contribution in [0.2, 0.25) is 0 Å². The fourth-order valence-corrected chi connectivity index (χ4v) is 3.62. The van der Waals surface area contributed by atoms with E-state index in [1.54, 1.807) is 32.4 Å². The van der Waals surface area contributed by atoms with Gasteiger partial charge in [0.25, 0.3) is 0 Å². The molecule has 0 radical (unpaired) electrons. The quantitative estimate of drug-likeness (QED) is 0.593. The number of rotatable bonds is 9. The van der Waals surface area contributed by atoms with Crippen LogP contribution >= 0.6 is 0 Å². The largest absolute Gasteiger partial charge is 0.497 e. The van der Waals surface area contributed by atoms with Gasteiger partial charge in [0, 0.05) is 23.6 Å². The van der Waals surface area contributed by atoms with Gasteiger partial charge in [-0.1, -0.05) is 36.8 Å². The van der Waals surface area contributed by atoms with Gasteiger partial charge < -0.3 is 9.47 Å². The molecule has 0 fully saturated rings. The lowest BCUT2D eigenvalue weighted by Crippen LogP contribution is -2.41. The molecule has 0 bridgehead atoms. The second-order valence-electron chi connectivity index (χ2n) is 7.17. The number of aryl methyl sites for hydroxylation is 1. The molecule has 0 aliphatic heterocycles. The number of Topliss-reactive ketones (excluding diaryl/α,β-unsaturated/α-hetero) is 1. The van der Waals surface area contributed by atoms with Crippen molar-refractivity contribution in [2.24, 2.45) is 0 Å². The maximum absolute atomic E-state index is 12.9. The third-order valence-electron chi connectivity index (χ3n) is 5.47. The van der Waals surface area contributed by atoms with Gasteiger partial charge in [-0.25, -0.2) is 0 Å². The molecule has 1 unspecified atom stereocenters. The van der Waals surface area contributed by atoms with E-state index in [0.717, 1.165) is 12.8 Å². The highest BCUT2D eigenvalue weighted by Gasteiger charge is 2.33. The Labute approximate surface area is 163 Å². The Balaban J connectivity index is 2.27. The van der Waals surface area contributed by atoms with Crippen molar-refractivity contribution in [3.63, 3.8) is 0 Å². The Morgan fingerprint density at radius 2 is 1.56 bits per heavy atom. The van der Waals surface area contributed by atoms with Crippen LogP contribution in [-0.4, -0.2) is 39.0 Å². The lowest BCUT2D eigenvalue weighted by atomic mass is 9.80. The summed E-state index contributed by atoms with van der Waals surface area (Å²) < 4.78 is 10.6. The summed E-state index contributed by atoms with van der Waals surface area (Å²) in [5.41, 5.74) is 2.93. The first-order chi connectivity index (χ1) is 12.9. The Hall–Kier alpha value is -2.33. The van der Waals surface area contributed by atoms with Crippen LogP contribution in [0.25, 0.3) is 0 Å². The minimum Gasteiger partial charge on any atom is -0.497 e. The van der Waals surface area contributed by atoms with Gasteiger partial charge in [-0.15, -0.1) is 0 Å². The summed E-state index contributed by atoms with van der Waals surface area (Å²) in [6, 6.07) is 14.0. The van der Waals surface area contributed by atoms with E-state index in [4.69, 9.17) is 9.47 Å². The van der Waals surface area contributed by atoms with Crippen molar-refractivity contribution in [2.75, 3.05) is 28.3 Å². The van der Waals surface area contributed by atoms with Crippen molar-refractivity contribution in [3.8, 4) is 11.5 Å². The lowest BCUT2D eigenvalue weighted by Gasteiger charge is -2.40. The normalized spacial score (nSPS) is 13.3. The van der Waals surface area contributed by atoms with Gasteiger partial charge in [-0.05, 0) is 51.6 Å². The average Bonchev–Trinajstić information content (AvgIpc) is 2.68. The number of nitrogens with zero attached hydrogens (tertiary/aromatic N) is 1. The number of ketones is 1.